The summed E-state index contributed by atoms with van der Waals surface area (Å²) in [5.41, 5.74) is 4.96. The van der Waals surface area contributed by atoms with Crippen molar-refractivity contribution in [3.05, 3.63) is 54.0 Å². The minimum Gasteiger partial charge on any atom is -0.495 e. The highest BCUT2D eigenvalue weighted by atomic mass is 16.5. The predicted molar refractivity (Wildman–Crippen MR) is 150 cm³/mol. The van der Waals surface area contributed by atoms with Gasteiger partial charge in [-0.1, -0.05) is 6.07 Å². The average Bonchev–Trinajstić information content (AvgIpc) is 3.70. The molecule has 5 aromatic rings. The average molecular weight is 557 g/mol. The highest BCUT2D eigenvalue weighted by Crippen LogP contribution is 2.37. The smallest absolute Gasteiger partial charge is 0.251 e. The van der Waals surface area contributed by atoms with Gasteiger partial charge in [0.25, 0.3) is 5.91 Å². The number of H-pyrrole nitrogens is 1. The number of hydrogen-bond acceptors (Lipinski definition) is 10. The number of aromatic amines is 1. The quantitative estimate of drug-likeness (QED) is 0.255. The maximum Gasteiger partial charge on any atom is 0.251 e. The first-order valence-electron chi connectivity index (χ1n) is 13.4. The topological polar surface area (TPSA) is 146 Å². The van der Waals surface area contributed by atoms with Crippen molar-refractivity contribution in [2.45, 2.75) is 25.5 Å². The second-order valence-electron chi connectivity index (χ2n) is 10.0. The lowest BCUT2D eigenvalue weighted by Gasteiger charge is -2.26. The van der Waals surface area contributed by atoms with Crippen molar-refractivity contribution in [2.24, 2.45) is 0 Å². The molecule has 1 amide bonds. The molecule has 0 bridgehead atoms. The van der Waals surface area contributed by atoms with E-state index in [4.69, 9.17) is 33.3 Å². The van der Waals surface area contributed by atoms with Gasteiger partial charge in [0, 0.05) is 30.7 Å². The number of amides is 1. The van der Waals surface area contributed by atoms with Crippen LogP contribution in [0.3, 0.4) is 0 Å². The van der Waals surface area contributed by atoms with E-state index in [0.717, 1.165) is 28.5 Å². The van der Waals surface area contributed by atoms with E-state index in [2.05, 4.69) is 20.6 Å². The maximum absolute atomic E-state index is 12.6. The maximum atomic E-state index is 12.6. The lowest BCUT2D eigenvalue weighted by Crippen LogP contribution is -2.48. The summed E-state index contributed by atoms with van der Waals surface area (Å²) in [5, 5.41) is 6.92. The van der Waals surface area contributed by atoms with Gasteiger partial charge in [0.2, 0.25) is 11.8 Å². The summed E-state index contributed by atoms with van der Waals surface area (Å²) in [6.07, 6.45) is 2.52. The predicted octanol–water partition coefficient (Wildman–Crippen LogP) is 4.12. The number of rotatable bonds is 8. The zero-order chi connectivity index (χ0) is 27.9. The van der Waals surface area contributed by atoms with Gasteiger partial charge in [-0.25, -0.2) is 4.98 Å². The number of methoxy groups -OCH3 is 1. The Morgan fingerprint density at radius 2 is 1.98 bits per heavy atom. The minimum absolute atomic E-state index is 0.0302. The van der Waals surface area contributed by atoms with Crippen molar-refractivity contribution >= 4 is 39.7 Å². The summed E-state index contributed by atoms with van der Waals surface area (Å²) < 4.78 is 28.4. The molecule has 3 aromatic heterocycles. The molecular formula is C29H28N6O6. The highest BCUT2D eigenvalue weighted by Gasteiger charge is 2.24. The van der Waals surface area contributed by atoms with Crippen LogP contribution in [0.1, 0.15) is 22.7 Å². The second-order valence-corrected chi connectivity index (χ2v) is 10.0. The summed E-state index contributed by atoms with van der Waals surface area (Å²) in [4.78, 5) is 29.8. The molecule has 1 atom stereocenters. The van der Waals surface area contributed by atoms with E-state index >= 15 is 0 Å². The van der Waals surface area contributed by atoms with E-state index in [1.807, 2.05) is 31.3 Å². The van der Waals surface area contributed by atoms with Gasteiger partial charge >= 0.3 is 0 Å². The Hall–Kier alpha value is -4.68. The number of carbonyl (C=O) groups excluding carboxylic acids is 1. The van der Waals surface area contributed by atoms with Gasteiger partial charge in [-0.15, -0.1) is 0 Å². The van der Waals surface area contributed by atoms with Gasteiger partial charge in [0.1, 0.15) is 23.0 Å². The molecule has 2 aliphatic rings. The van der Waals surface area contributed by atoms with Crippen molar-refractivity contribution in [1.82, 2.24) is 25.3 Å². The number of carbonyl (C=O) groups is 1. The molecule has 41 heavy (non-hydrogen) atoms. The number of ether oxygens (including phenoxy) is 4. The largest absolute Gasteiger partial charge is 0.495 e. The molecule has 2 aromatic carbocycles. The Balaban J connectivity index is 1.24. The van der Waals surface area contributed by atoms with Gasteiger partial charge in [-0.05, 0) is 35.9 Å². The lowest BCUT2D eigenvalue weighted by atomic mass is 10.1. The molecule has 0 aliphatic carbocycles. The van der Waals surface area contributed by atoms with Crippen LogP contribution in [-0.4, -0.2) is 71.5 Å². The monoisotopic (exact) mass is 556 g/mol. The van der Waals surface area contributed by atoms with Crippen molar-refractivity contribution in [3.63, 3.8) is 0 Å². The van der Waals surface area contributed by atoms with Gasteiger partial charge < -0.3 is 39.0 Å². The van der Waals surface area contributed by atoms with Gasteiger partial charge in [0.15, 0.2) is 11.5 Å². The SMILES string of the molecule is COc1cc(C(=O)NC2COC2)ccc1Nc1nc(OC2CCOC2)c2c(-c3ccc4nc(C)oc4c3)c[nH]c2n1. The van der Waals surface area contributed by atoms with Gasteiger partial charge in [0.05, 0.1) is 50.7 Å². The molecule has 210 valence electrons. The zero-order valence-corrected chi connectivity index (χ0v) is 22.5. The standard InChI is InChI=1S/C29H28N6O6/c1-15-31-22-5-3-16(9-24(22)40-15)20-11-30-26-25(20)28(41-19-7-8-38-14-19)35-29(34-26)33-21-6-4-17(10-23(21)37-2)27(36)32-18-12-39-13-18/h3-6,9-11,18-19H,7-8,12-14H2,1-2H3,(H,32,36)(H2,30,33,34,35). The van der Waals surface area contributed by atoms with E-state index in [1.165, 1.54) is 0 Å². The molecule has 0 radical (unpaired) electrons. The number of aromatic nitrogens is 4. The molecule has 7 rings (SSSR count). The molecule has 12 nitrogen and oxygen atoms in total. The van der Waals surface area contributed by atoms with Crippen LogP contribution in [0.2, 0.25) is 0 Å². The number of hydrogen-bond donors (Lipinski definition) is 3. The van der Waals surface area contributed by atoms with Gasteiger partial charge in [-0.2, -0.15) is 9.97 Å². The van der Waals surface area contributed by atoms with E-state index in [9.17, 15) is 4.79 Å². The number of anilines is 2. The molecule has 0 saturated carbocycles. The van der Waals surface area contributed by atoms with E-state index < -0.39 is 0 Å². The first-order valence-corrected chi connectivity index (χ1v) is 13.4. The number of fused-ring (bicyclic) bond motifs is 2. The molecule has 2 aliphatic heterocycles. The molecule has 1 unspecified atom stereocenters. The Bertz CT molecular complexity index is 1750. The zero-order valence-electron chi connectivity index (χ0n) is 22.5. The highest BCUT2D eigenvalue weighted by molar-refractivity contribution is 5.99. The number of benzene rings is 2. The molecule has 2 saturated heterocycles. The minimum atomic E-state index is -0.187. The molecule has 0 spiro atoms. The Labute approximate surface area is 234 Å². The summed E-state index contributed by atoms with van der Waals surface area (Å²) in [6, 6.07) is 11.1. The number of aryl methyl sites for hydroxylation is 1. The van der Waals surface area contributed by atoms with Crippen LogP contribution >= 0.6 is 0 Å². The van der Waals surface area contributed by atoms with Crippen LogP contribution in [-0.2, 0) is 9.47 Å². The van der Waals surface area contributed by atoms with E-state index in [0.29, 0.717) is 72.4 Å². The van der Waals surface area contributed by atoms with E-state index in [-0.39, 0.29) is 18.1 Å². The third-order valence-corrected chi connectivity index (χ3v) is 7.15. The molecular weight excluding hydrogens is 528 g/mol. The molecule has 3 N–H and O–H groups in total. The third-order valence-electron chi connectivity index (χ3n) is 7.15. The van der Waals surface area contributed by atoms with Crippen molar-refractivity contribution in [1.29, 1.82) is 0 Å². The fourth-order valence-corrected chi connectivity index (χ4v) is 4.98. The fraction of sp³-hybridized carbons (Fsp3) is 0.310. The van der Waals surface area contributed by atoms with Crippen LogP contribution in [0.25, 0.3) is 33.3 Å². The second kappa shape index (κ2) is 10.4. The normalized spacial score (nSPS) is 17.1. The van der Waals surface area contributed by atoms with Crippen molar-refractivity contribution < 1.29 is 28.2 Å². The fourth-order valence-electron chi connectivity index (χ4n) is 4.98. The summed E-state index contributed by atoms with van der Waals surface area (Å²) in [6.45, 7) is 3.99. The number of nitrogens with zero attached hydrogens (tertiary/aromatic N) is 3. The Morgan fingerprint density at radius 3 is 2.76 bits per heavy atom. The first-order chi connectivity index (χ1) is 20.0. The van der Waals surface area contributed by atoms with Crippen LogP contribution in [0.15, 0.2) is 47.0 Å². The van der Waals surface area contributed by atoms with Crippen LogP contribution in [0, 0.1) is 6.92 Å². The number of nitrogens with one attached hydrogen (secondary N) is 3. The Morgan fingerprint density at radius 1 is 1.07 bits per heavy atom. The van der Waals surface area contributed by atoms with Gasteiger partial charge in [-0.3, -0.25) is 4.79 Å². The Kier molecular flexibility index (Phi) is 6.40. The van der Waals surface area contributed by atoms with Crippen LogP contribution < -0.4 is 20.1 Å². The summed E-state index contributed by atoms with van der Waals surface area (Å²) in [5.74, 6) is 1.63. The molecule has 2 fully saturated rings. The van der Waals surface area contributed by atoms with Crippen LogP contribution in [0.5, 0.6) is 11.6 Å². The van der Waals surface area contributed by atoms with E-state index in [1.54, 1.807) is 25.3 Å². The van der Waals surface area contributed by atoms with Crippen molar-refractivity contribution in [2.75, 3.05) is 38.9 Å². The molecule has 12 heteroatoms. The third kappa shape index (κ3) is 4.92. The lowest BCUT2D eigenvalue weighted by molar-refractivity contribution is -0.00346. The summed E-state index contributed by atoms with van der Waals surface area (Å²) in [7, 11) is 1.55. The van der Waals surface area contributed by atoms with Crippen molar-refractivity contribution in [3.8, 4) is 22.8 Å². The molecule has 5 heterocycles. The summed E-state index contributed by atoms with van der Waals surface area (Å²) >= 11 is 0. The first kappa shape index (κ1) is 25.3. The van der Waals surface area contributed by atoms with Crippen LogP contribution in [0.4, 0.5) is 11.6 Å². The number of oxazole rings is 1.